The van der Waals surface area contributed by atoms with Crippen LogP contribution in [0.4, 0.5) is 0 Å². The predicted octanol–water partition coefficient (Wildman–Crippen LogP) is 1.47. The number of carbonyl (C=O) groups is 2. The Balaban J connectivity index is 1.89. The summed E-state index contributed by atoms with van der Waals surface area (Å²) >= 11 is 0. The van der Waals surface area contributed by atoms with Gasteiger partial charge in [0, 0.05) is 35.8 Å². The monoisotopic (exact) mass is 258 g/mol. The minimum absolute atomic E-state index is 0.401. The molecule has 0 aliphatic heterocycles. The van der Waals surface area contributed by atoms with Gasteiger partial charge >= 0.3 is 5.97 Å². The van der Waals surface area contributed by atoms with Crippen LogP contribution < -0.4 is 5.32 Å². The van der Waals surface area contributed by atoms with Crippen molar-refractivity contribution in [1.29, 1.82) is 0 Å². The molecule has 0 radical (unpaired) electrons. The number of aromatic amines is 1. The molecule has 0 aliphatic carbocycles. The van der Waals surface area contributed by atoms with Crippen molar-refractivity contribution in [1.82, 2.24) is 10.3 Å². The van der Waals surface area contributed by atoms with E-state index in [1.807, 2.05) is 30.5 Å². The Bertz CT molecular complexity index is 628. The highest BCUT2D eigenvalue weighted by atomic mass is 16.4. The number of carboxylic acid groups (broad SMARTS) is 1. The van der Waals surface area contributed by atoms with Gasteiger partial charge in [0.25, 0.3) is 0 Å². The Hall–Kier alpha value is -2.56. The zero-order valence-corrected chi connectivity index (χ0v) is 10.2. The second-order valence-electron chi connectivity index (χ2n) is 4.07. The molecule has 19 heavy (non-hydrogen) atoms. The van der Waals surface area contributed by atoms with Crippen molar-refractivity contribution in [2.75, 3.05) is 6.54 Å². The summed E-state index contributed by atoms with van der Waals surface area (Å²) in [7, 11) is 0. The van der Waals surface area contributed by atoms with E-state index in [0.29, 0.717) is 13.0 Å². The average Bonchev–Trinajstić information content (AvgIpc) is 2.80. The fourth-order valence-electron chi connectivity index (χ4n) is 1.86. The number of hydrogen-bond acceptors (Lipinski definition) is 2. The molecule has 1 amide bonds. The molecule has 1 aromatic heterocycles. The average molecular weight is 258 g/mol. The molecule has 3 N–H and O–H groups in total. The number of carbonyl (C=O) groups excluding carboxylic acids is 1. The summed E-state index contributed by atoms with van der Waals surface area (Å²) in [5.74, 6) is -1.53. The van der Waals surface area contributed by atoms with Crippen LogP contribution in [0.15, 0.2) is 42.6 Å². The maximum Gasteiger partial charge on any atom is 0.328 e. The van der Waals surface area contributed by atoms with E-state index in [0.717, 1.165) is 28.6 Å². The van der Waals surface area contributed by atoms with Crippen LogP contribution in [0.5, 0.6) is 0 Å². The van der Waals surface area contributed by atoms with Crippen molar-refractivity contribution in [3.8, 4) is 0 Å². The molecular weight excluding hydrogens is 244 g/mol. The summed E-state index contributed by atoms with van der Waals surface area (Å²) < 4.78 is 0. The molecule has 0 unspecified atom stereocenters. The Morgan fingerprint density at radius 1 is 1.26 bits per heavy atom. The van der Waals surface area contributed by atoms with Crippen molar-refractivity contribution in [2.24, 2.45) is 0 Å². The van der Waals surface area contributed by atoms with E-state index in [-0.39, 0.29) is 0 Å². The summed E-state index contributed by atoms with van der Waals surface area (Å²) in [6.45, 7) is 0.463. The summed E-state index contributed by atoms with van der Waals surface area (Å²) in [5, 5.41) is 12.2. The van der Waals surface area contributed by atoms with Gasteiger partial charge in [-0.2, -0.15) is 0 Å². The smallest absolute Gasteiger partial charge is 0.328 e. The molecule has 0 fully saturated rings. The third kappa shape index (κ3) is 3.45. The Labute approximate surface area is 109 Å². The largest absolute Gasteiger partial charge is 0.478 e. The first kappa shape index (κ1) is 12.9. The number of para-hydroxylation sites is 1. The van der Waals surface area contributed by atoms with Gasteiger partial charge in [0.15, 0.2) is 0 Å². The van der Waals surface area contributed by atoms with Gasteiger partial charge in [0.2, 0.25) is 5.91 Å². The highest BCUT2D eigenvalue weighted by Gasteiger charge is 2.03. The van der Waals surface area contributed by atoms with Crippen LogP contribution in [0.3, 0.4) is 0 Å². The van der Waals surface area contributed by atoms with Gasteiger partial charge in [-0.15, -0.1) is 0 Å². The van der Waals surface area contributed by atoms with Crippen molar-refractivity contribution >= 4 is 22.8 Å². The molecule has 98 valence electrons. The van der Waals surface area contributed by atoms with Gasteiger partial charge < -0.3 is 15.4 Å². The predicted molar refractivity (Wildman–Crippen MR) is 71.8 cm³/mol. The topological polar surface area (TPSA) is 82.2 Å². The first-order valence-corrected chi connectivity index (χ1v) is 5.90. The molecule has 1 aromatic carbocycles. The number of amides is 1. The molecule has 2 rings (SSSR count). The molecule has 0 saturated heterocycles. The summed E-state index contributed by atoms with van der Waals surface area (Å²) in [6.07, 6.45) is 4.44. The van der Waals surface area contributed by atoms with Crippen molar-refractivity contribution in [2.45, 2.75) is 6.42 Å². The third-order valence-electron chi connectivity index (χ3n) is 2.75. The standard InChI is InChI=1S/C14H14N2O3/c17-13(5-6-14(18)19)15-8-7-10-9-16-12-4-2-1-3-11(10)12/h1-6,9,16H,7-8H2,(H,15,17)(H,18,19)/b6-5+. The van der Waals surface area contributed by atoms with Crippen LogP contribution in [0, 0.1) is 0 Å². The molecule has 0 atom stereocenters. The number of carboxylic acids is 1. The van der Waals surface area contributed by atoms with Crippen LogP contribution in [-0.4, -0.2) is 28.5 Å². The van der Waals surface area contributed by atoms with Crippen LogP contribution in [0.25, 0.3) is 10.9 Å². The van der Waals surface area contributed by atoms with E-state index < -0.39 is 11.9 Å². The van der Waals surface area contributed by atoms with E-state index in [2.05, 4.69) is 10.3 Å². The number of nitrogens with one attached hydrogen (secondary N) is 2. The lowest BCUT2D eigenvalue weighted by Gasteiger charge is -2.01. The number of aromatic nitrogens is 1. The van der Waals surface area contributed by atoms with Gasteiger partial charge in [-0.1, -0.05) is 18.2 Å². The van der Waals surface area contributed by atoms with E-state index in [4.69, 9.17) is 5.11 Å². The molecule has 1 heterocycles. The van der Waals surface area contributed by atoms with Gasteiger partial charge in [-0.05, 0) is 18.1 Å². The lowest BCUT2D eigenvalue weighted by molar-refractivity contribution is -0.131. The lowest BCUT2D eigenvalue weighted by Crippen LogP contribution is -2.23. The fraction of sp³-hybridized carbons (Fsp3) is 0.143. The quantitative estimate of drug-likeness (QED) is 0.710. The minimum atomic E-state index is -1.13. The van der Waals surface area contributed by atoms with E-state index in [1.165, 1.54) is 0 Å². The molecule has 0 aliphatic rings. The third-order valence-corrected chi connectivity index (χ3v) is 2.75. The molecule has 0 bridgehead atoms. The van der Waals surface area contributed by atoms with Gasteiger partial charge in [-0.25, -0.2) is 4.79 Å². The van der Waals surface area contributed by atoms with E-state index in [9.17, 15) is 9.59 Å². The van der Waals surface area contributed by atoms with Crippen molar-refractivity contribution < 1.29 is 14.7 Å². The molecule has 5 nitrogen and oxygen atoms in total. The number of hydrogen-bond donors (Lipinski definition) is 3. The van der Waals surface area contributed by atoms with Gasteiger partial charge in [0.1, 0.15) is 0 Å². The first-order valence-electron chi connectivity index (χ1n) is 5.90. The maximum atomic E-state index is 11.3. The summed E-state index contributed by atoms with van der Waals surface area (Å²) in [6, 6.07) is 7.94. The first-order chi connectivity index (χ1) is 9.16. The van der Waals surface area contributed by atoms with Gasteiger partial charge in [-0.3, -0.25) is 4.79 Å². The van der Waals surface area contributed by atoms with E-state index >= 15 is 0 Å². The Morgan fingerprint density at radius 2 is 2.05 bits per heavy atom. The lowest BCUT2D eigenvalue weighted by atomic mass is 10.1. The van der Waals surface area contributed by atoms with E-state index in [1.54, 1.807) is 0 Å². The number of rotatable bonds is 5. The van der Waals surface area contributed by atoms with Crippen molar-refractivity contribution in [3.05, 3.63) is 48.2 Å². The second-order valence-corrected chi connectivity index (χ2v) is 4.07. The van der Waals surface area contributed by atoms with Crippen LogP contribution in [0.2, 0.25) is 0 Å². The fourth-order valence-corrected chi connectivity index (χ4v) is 1.86. The Kier molecular flexibility index (Phi) is 3.97. The molecule has 0 spiro atoms. The Morgan fingerprint density at radius 3 is 2.84 bits per heavy atom. The van der Waals surface area contributed by atoms with Crippen LogP contribution >= 0.6 is 0 Å². The number of benzene rings is 1. The zero-order chi connectivity index (χ0) is 13.7. The number of fused-ring (bicyclic) bond motifs is 1. The maximum absolute atomic E-state index is 11.3. The number of aliphatic carboxylic acids is 1. The molecular formula is C14H14N2O3. The number of H-pyrrole nitrogens is 1. The summed E-state index contributed by atoms with van der Waals surface area (Å²) in [4.78, 5) is 24.7. The zero-order valence-electron chi connectivity index (χ0n) is 10.2. The van der Waals surface area contributed by atoms with Crippen molar-refractivity contribution in [3.63, 3.8) is 0 Å². The highest BCUT2D eigenvalue weighted by Crippen LogP contribution is 2.17. The minimum Gasteiger partial charge on any atom is -0.478 e. The molecule has 2 aromatic rings. The molecule has 5 heteroatoms. The van der Waals surface area contributed by atoms with Crippen LogP contribution in [-0.2, 0) is 16.0 Å². The second kappa shape index (κ2) is 5.86. The normalized spacial score (nSPS) is 10.9. The SMILES string of the molecule is O=C(O)/C=C/C(=O)NCCc1c[nH]c2ccccc12. The van der Waals surface area contributed by atoms with Gasteiger partial charge in [0.05, 0.1) is 0 Å². The summed E-state index contributed by atoms with van der Waals surface area (Å²) in [5.41, 5.74) is 2.19. The highest BCUT2D eigenvalue weighted by molar-refractivity contribution is 5.93. The molecule has 0 saturated carbocycles. The van der Waals surface area contributed by atoms with Crippen LogP contribution in [0.1, 0.15) is 5.56 Å².